The lowest BCUT2D eigenvalue weighted by Gasteiger charge is -2.26. The summed E-state index contributed by atoms with van der Waals surface area (Å²) in [5, 5.41) is 11.1. The minimum Gasteiger partial charge on any atom is -0.466 e. The first-order chi connectivity index (χ1) is 11.0. The van der Waals surface area contributed by atoms with Gasteiger partial charge in [-0.1, -0.05) is 29.8 Å². The van der Waals surface area contributed by atoms with Gasteiger partial charge in [-0.05, 0) is 19.4 Å². The molecule has 1 fully saturated rings. The number of ether oxygens (including phenoxy) is 1. The number of carbonyl (C=O) groups excluding carboxylic acids is 2. The molecule has 0 unspecified atom stereocenters. The van der Waals surface area contributed by atoms with Crippen molar-refractivity contribution in [2.24, 2.45) is 11.8 Å². The molecule has 0 saturated carbocycles. The summed E-state index contributed by atoms with van der Waals surface area (Å²) < 4.78 is 4.94. The lowest BCUT2D eigenvalue weighted by Crippen LogP contribution is -2.29. The van der Waals surface area contributed by atoms with Crippen LogP contribution in [0.4, 0.5) is 0 Å². The van der Waals surface area contributed by atoms with Gasteiger partial charge >= 0.3 is 5.97 Å². The number of esters is 1. The molecular weight excluding hydrogens is 298 g/mol. The molecule has 2 rings (SSSR count). The van der Waals surface area contributed by atoms with Gasteiger partial charge in [0, 0.05) is 12.5 Å². The third-order valence-electron chi connectivity index (χ3n) is 4.19. The van der Waals surface area contributed by atoms with E-state index in [-0.39, 0.29) is 25.5 Å². The molecule has 0 spiro atoms. The minimum atomic E-state index is -0.649. The number of hydroxylamine groups is 2. The zero-order valence-corrected chi connectivity index (χ0v) is 13.7. The van der Waals surface area contributed by atoms with Gasteiger partial charge in [-0.2, -0.15) is 0 Å². The van der Waals surface area contributed by atoms with Crippen molar-refractivity contribution >= 4 is 11.9 Å². The van der Waals surface area contributed by atoms with E-state index in [1.807, 2.05) is 31.2 Å². The quantitative estimate of drug-likeness (QED) is 0.806. The molecule has 1 N–H and O–H groups in total. The third-order valence-corrected chi connectivity index (χ3v) is 4.19. The second kappa shape index (κ2) is 7.57. The largest absolute Gasteiger partial charge is 0.466 e. The SMILES string of the molecule is CCOC(=O)C[C@@H]1C(=O)N(OC)[C@H](c2cccc(C)c2)[C@H]1CO. The Bertz CT molecular complexity index is 574. The van der Waals surface area contributed by atoms with Crippen LogP contribution in [-0.2, 0) is 19.2 Å². The molecule has 1 saturated heterocycles. The van der Waals surface area contributed by atoms with E-state index < -0.39 is 23.8 Å². The van der Waals surface area contributed by atoms with Crippen LogP contribution >= 0.6 is 0 Å². The van der Waals surface area contributed by atoms with Crippen LogP contribution in [-0.4, -0.2) is 42.4 Å². The summed E-state index contributed by atoms with van der Waals surface area (Å²) in [7, 11) is 1.42. The van der Waals surface area contributed by atoms with Gasteiger partial charge in [0.25, 0.3) is 5.91 Å². The summed E-state index contributed by atoms with van der Waals surface area (Å²) in [6.45, 7) is 3.73. The smallest absolute Gasteiger partial charge is 0.306 e. The Morgan fingerprint density at radius 2 is 2.13 bits per heavy atom. The van der Waals surface area contributed by atoms with Crippen LogP contribution in [0.1, 0.15) is 30.5 Å². The predicted molar refractivity (Wildman–Crippen MR) is 83.1 cm³/mol. The molecule has 1 amide bonds. The third kappa shape index (κ3) is 3.54. The number of aryl methyl sites for hydroxylation is 1. The zero-order chi connectivity index (χ0) is 17.0. The highest BCUT2D eigenvalue weighted by Gasteiger charge is 2.50. The van der Waals surface area contributed by atoms with Gasteiger partial charge in [-0.15, -0.1) is 0 Å². The molecule has 1 heterocycles. The van der Waals surface area contributed by atoms with Crippen LogP contribution in [0, 0.1) is 18.8 Å². The normalized spacial score (nSPS) is 24.1. The first-order valence-corrected chi connectivity index (χ1v) is 7.73. The van der Waals surface area contributed by atoms with Crippen molar-refractivity contribution in [1.82, 2.24) is 5.06 Å². The summed E-state index contributed by atoms with van der Waals surface area (Å²) >= 11 is 0. The molecule has 3 atom stereocenters. The molecule has 0 radical (unpaired) electrons. The fraction of sp³-hybridized carbons (Fsp3) is 0.529. The number of carbonyl (C=O) groups is 2. The van der Waals surface area contributed by atoms with Gasteiger partial charge in [-0.3, -0.25) is 14.4 Å². The van der Waals surface area contributed by atoms with Crippen LogP contribution in [0.2, 0.25) is 0 Å². The van der Waals surface area contributed by atoms with E-state index in [0.29, 0.717) is 0 Å². The lowest BCUT2D eigenvalue weighted by molar-refractivity contribution is -0.181. The molecule has 1 aliphatic heterocycles. The Hall–Kier alpha value is -1.92. The Labute approximate surface area is 135 Å². The van der Waals surface area contributed by atoms with E-state index >= 15 is 0 Å². The monoisotopic (exact) mass is 321 g/mol. The van der Waals surface area contributed by atoms with Crippen molar-refractivity contribution in [2.75, 3.05) is 20.3 Å². The second-order valence-corrected chi connectivity index (χ2v) is 5.67. The van der Waals surface area contributed by atoms with Gasteiger partial charge in [0.05, 0.1) is 32.1 Å². The first-order valence-electron chi connectivity index (χ1n) is 7.73. The molecule has 1 aromatic rings. The van der Waals surface area contributed by atoms with Crippen LogP contribution in [0.3, 0.4) is 0 Å². The molecule has 126 valence electrons. The van der Waals surface area contributed by atoms with Crippen molar-refractivity contribution in [3.8, 4) is 0 Å². The number of nitrogens with zero attached hydrogens (tertiary/aromatic N) is 1. The van der Waals surface area contributed by atoms with E-state index in [2.05, 4.69) is 0 Å². The van der Waals surface area contributed by atoms with Crippen LogP contribution in [0.15, 0.2) is 24.3 Å². The maximum Gasteiger partial charge on any atom is 0.306 e. The first kappa shape index (κ1) is 17.4. The van der Waals surface area contributed by atoms with Crippen molar-refractivity contribution in [3.05, 3.63) is 35.4 Å². The van der Waals surface area contributed by atoms with Crippen LogP contribution in [0.5, 0.6) is 0 Å². The number of rotatable bonds is 6. The van der Waals surface area contributed by atoms with Crippen molar-refractivity contribution in [2.45, 2.75) is 26.3 Å². The van der Waals surface area contributed by atoms with E-state index in [4.69, 9.17) is 9.57 Å². The highest BCUT2D eigenvalue weighted by molar-refractivity contribution is 5.86. The topological polar surface area (TPSA) is 76.1 Å². The Morgan fingerprint density at radius 3 is 2.70 bits per heavy atom. The average Bonchev–Trinajstić information content (AvgIpc) is 2.79. The van der Waals surface area contributed by atoms with Gasteiger partial charge in [0.2, 0.25) is 0 Å². The maximum atomic E-state index is 12.6. The number of aliphatic hydroxyl groups excluding tert-OH is 1. The number of benzene rings is 1. The molecule has 0 aliphatic carbocycles. The second-order valence-electron chi connectivity index (χ2n) is 5.67. The Morgan fingerprint density at radius 1 is 1.39 bits per heavy atom. The van der Waals surface area contributed by atoms with Gasteiger partial charge in [0.1, 0.15) is 0 Å². The molecule has 6 nitrogen and oxygen atoms in total. The number of aliphatic hydroxyl groups is 1. The van der Waals surface area contributed by atoms with Gasteiger partial charge < -0.3 is 9.84 Å². The summed E-state index contributed by atoms with van der Waals surface area (Å²) in [4.78, 5) is 29.6. The molecule has 1 aliphatic rings. The van der Waals surface area contributed by atoms with Crippen molar-refractivity contribution in [3.63, 3.8) is 0 Å². The summed E-state index contributed by atoms with van der Waals surface area (Å²) in [5.74, 6) is -1.81. The van der Waals surface area contributed by atoms with Crippen molar-refractivity contribution in [1.29, 1.82) is 0 Å². The molecule has 1 aromatic carbocycles. The Balaban J connectivity index is 2.33. The Kier molecular flexibility index (Phi) is 5.74. The predicted octanol–water partition coefficient (Wildman–Crippen LogP) is 1.62. The molecular formula is C17H23NO5. The molecule has 0 aromatic heterocycles. The number of hydrogen-bond donors (Lipinski definition) is 1. The lowest BCUT2D eigenvalue weighted by atomic mass is 9.85. The number of amides is 1. The average molecular weight is 321 g/mol. The standard InChI is InChI=1S/C17H23NO5/c1-4-23-15(20)9-13-14(10-19)16(18(22-3)17(13)21)12-7-5-6-11(2)8-12/h5-8,13-14,16,19H,4,9-10H2,1-3H3/t13-,14-,16+/m0/s1. The van der Waals surface area contributed by atoms with E-state index in [1.165, 1.54) is 12.2 Å². The van der Waals surface area contributed by atoms with Crippen LogP contribution < -0.4 is 0 Å². The van der Waals surface area contributed by atoms with E-state index in [1.54, 1.807) is 6.92 Å². The van der Waals surface area contributed by atoms with E-state index in [9.17, 15) is 14.7 Å². The molecule has 23 heavy (non-hydrogen) atoms. The summed E-state index contributed by atoms with van der Waals surface area (Å²) in [6.07, 6.45) is -0.0555. The molecule has 0 bridgehead atoms. The highest BCUT2D eigenvalue weighted by Crippen LogP contribution is 2.43. The summed E-state index contributed by atoms with van der Waals surface area (Å²) in [5.41, 5.74) is 1.93. The minimum absolute atomic E-state index is 0.0555. The number of hydrogen-bond acceptors (Lipinski definition) is 5. The molecule has 6 heteroatoms. The fourth-order valence-electron chi connectivity index (χ4n) is 3.18. The highest BCUT2D eigenvalue weighted by atomic mass is 16.7. The van der Waals surface area contributed by atoms with Gasteiger partial charge in [0.15, 0.2) is 0 Å². The fourth-order valence-corrected chi connectivity index (χ4v) is 3.18. The zero-order valence-electron chi connectivity index (χ0n) is 13.7. The maximum absolute atomic E-state index is 12.6. The van der Waals surface area contributed by atoms with Crippen molar-refractivity contribution < 1.29 is 24.3 Å². The van der Waals surface area contributed by atoms with E-state index in [0.717, 1.165) is 11.1 Å². The van der Waals surface area contributed by atoms with Crippen LogP contribution in [0.25, 0.3) is 0 Å². The summed E-state index contributed by atoms with van der Waals surface area (Å²) in [6, 6.07) is 7.29. The van der Waals surface area contributed by atoms with Gasteiger partial charge in [-0.25, -0.2) is 5.06 Å².